The first kappa shape index (κ1) is 14.6. The molecule has 1 aliphatic heterocycles. The quantitative estimate of drug-likeness (QED) is 0.863. The molecule has 0 spiro atoms. The number of nitrogens with zero attached hydrogens (tertiary/aromatic N) is 1. The maximum atomic E-state index is 12.5. The van der Waals surface area contributed by atoms with Gasteiger partial charge >= 0.3 is 0 Å². The summed E-state index contributed by atoms with van der Waals surface area (Å²) in [5.41, 5.74) is 5.96. The van der Waals surface area contributed by atoms with Crippen LogP contribution in [0.4, 0.5) is 5.69 Å². The van der Waals surface area contributed by atoms with Crippen molar-refractivity contribution in [3.05, 3.63) is 23.2 Å². The monoisotopic (exact) mass is 304 g/mol. The van der Waals surface area contributed by atoms with E-state index in [-0.39, 0.29) is 16.0 Å². The molecule has 19 heavy (non-hydrogen) atoms. The van der Waals surface area contributed by atoms with Gasteiger partial charge in [0.25, 0.3) is 0 Å². The van der Waals surface area contributed by atoms with Gasteiger partial charge in [-0.15, -0.1) is 0 Å². The van der Waals surface area contributed by atoms with Crippen molar-refractivity contribution in [1.29, 1.82) is 0 Å². The van der Waals surface area contributed by atoms with Crippen LogP contribution in [0.5, 0.6) is 0 Å². The van der Waals surface area contributed by atoms with Crippen molar-refractivity contribution in [1.82, 2.24) is 4.31 Å². The lowest BCUT2D eigenvalue weighted by Crippen LogP contribution is -2.42. The van der Waals surface area contributed by atoms with Gasteiger partial charge in [0.15, 0.2) is 0 Å². The van der Waals surface area contributed by atoms with Gasteiger partial charge in [-0.2, -0.15) is 4.31 Å². The number of nitrogen functional groups attached to an aromatic ring is 1. The molecule has 106 valence electrons. The largest absolute Gasteiger partial charge is 0.398 e. The van der Waals surface area contributed by atoms with E-state index in [1.165, 1.54) is 22.5 Å². The molecule has 1 saturated heterocycles. The number of methoxy groups -OCH3 is 1. The van der Waals surface area contributed by atoms with Crippen LogP contribution in [0.2, 0.25) is 5.02 Å². The molecule has 1 atom stereocenters. The van der Waals surface area contributed by atoms with Crippen LogP contribution in [-0.4, -0.2) is 39.0 Å². The first-order valence-electron chi connectivity index (χ1n) is 6.03. The van der Waals surface area contributed by atoms with Crippen molar-refractivity contribution in [2.24, 2.45) is 0 Å². The van der Waals surface area contributed by atoms with Crippen molar-refractivity contribution in [2.75, 3.05) is 25.9 Å². The number of ether oxygens (including phenoxy) is 1. The Bertz CT molecular complexity index is 562. The second kappa shape index (κ2) is 5.66. The van der Waals surface area contributed by atoms with Crippen LogP contribution in [0, 0.1) is 0 Å². The molecule has 0 radical (unpaired) electrons. The van der Waals surface area contributed by atoms with E-state index in [4.69, 9.17) is 22.1 Å². The van der Waals surface area contributed by atoms with Crippen molar-refractivity contribution < 1.29 is 13.2 Å². The molecular formula is C12H17ClN2O3S. The van der Waals surface area contributed by atoms with Crippen molar-refractivity contribution in [2.45, 2.75) is 23.8 Å². The number of rotatable bonds is 3. The number of hydrogen-bond acceptors (Lipinski definition) is 4. The van der Waals surface area contributed by atoms with Gasteiger partial charge in [0.1, 0.15) is 0 Å². The van der Waals surface area contributed by atoms with Gasteiger partial charge in [-0.3, -0.25) is 0 Å². The Morgan fingerprint density at radius 3 is 2.84 bits per heavy atom. The summed E-state index contributed by atoms with van der Waals surface area (Å²) in [6.45, 7) is 0.880. The van der Waals surface area contributed by atoms with Crippen molar-refractivity contribution in [3.63, 3.8) is 0 Å². The fourth-order valence-corrected chi connectivity index (χ4v) is 3.92. The number of sulfonamides is 1. The molecule has 0 saturated carbocycles. The van der Waals surface area contributed by atoms with E-state index in [1.54, 1.807) is 7.11 Å². The lowest BCUT2D eigenvalue weighted by Gasteiger charge is -2.31. The Morgan fingerprint density at radius 1 is 1.47 bits per heavy atom. The van der Waals surface area contributed by atoms with Crippen LogP contribution in [0.3, 0.4) is 0 Å². The topological polar surface area (TPSA) is 72.6 Å². The van der Waals surface area contributed by atoms with Gasteiger partial charge in [-0.25, -0.2) is 8.42 Å². The fourth-order valence-electron chi connectivity index (χ4n) is 2.13. The molecule has 0 aromatic heterocycles. The molecule has 1 heterocycles. The molecule has 1 aromatic rings. The van der Waals surface area contributed by atoms with E-state index in [0.717, 1.165) is 12.8 Å². The van der Waals surface area contributed by atoms with Crippen molar-refractivity contribution >= 4 is 27.3 Å². The molecule has 2 N–H and O–H groups in total. The van der Waals surface area contributed by atoms with Crippen LogP contribution >= 0.6 is 11.6 Å². The molecule has 1 aromatic carbocycles. The number of piperidine rings is 1. The van der Waals surface area contributed by atoms with Gasteiger partial charge in [0.05, 0.1) is 21.7 Å². The van der Waals surface area contributed by atoms with Gasteiger partial charge in [-0.05, 0) is 31.0 Å². The molecule has 0 amide bonds. The SMILES string of the molecule is COC1CCCN(S(=O)(=O)c2ccc(N)c(Cl)c2)C1. The zero-order valence-corrected chi connectivity index (χ0v) is 12.2. The van der Waals surface area contributed by atoms with Crippen LogP contribution in [0.15, 0.2) is 23.1 Å². The summed E-state index contributed by atoms with van der Waals surface area (Å²) in [5, 5.41) is 0.251. The van der Waals surface area contributed by atoms with Crippen LogP contribution < -0.4 is 5.73 Å². The highest BCUT2D eigenvalue weighted by Gasteiger charge is 2.30. The standard InChI is InChI=1S/C12H17ClN2O3S/c1-18-9-3-2-6-15(8-9)19(16,17)10-4-5-12(14)11(13)7-10/h4-5,7,9H,2-3,6,8,14H2,1H3. The predicted molar refractivity (Wildman–Crippen MR) is 74.7 cm³/mol. The predicted octanol–water partition coefficient (Wildman–Crippen LogP) is 1.72. The van der Waals surface area contributed by atoms with Crippen LogP contribution in [0.25, 0.3) is 0 Å². The van der Waals surface area contributed by atoms with E-state index >= 15 is 0 Å². The highest BCUT2D eigenvalue weighted by atomic mass is 35.5. The molecule has 0 aliphatic carbocycles. The van der Waals surface area contributed by atoms with Gasteiger partial charge in [0.2, 0.25) is 10.0 Å². The Morgan fingerprint density at radius 2 is 2.21 bits per heavy atom. The number of anilines is 1. The lowest BCUT2D eigenvalue weighted by atomic mass is 10.1. The third-order valence-corrected chi connectivity index (χ3v) is 5.47. The van der Waals surface area contributed by atoms with E-state index in [0.29, 0.717) is 18.8 Å². The zero-order chi connectivity index (χ0) is 14.0. The van der Waals surface area contributed by atoms with E-state index in [9.17, 15) is 8.42 Å². The first-order chi connectivity index (χ1) is 8.95. The lowest BCUT2D eigenvalue weighted by molar-refractivity contribution is 0.0572. The zero-order valence-electron chi connectivity index (χ0n) is 10.7. The molecule has 0 bridgehead atoms. The van der Waals surface area contributed by atoms with Crippen LogP contribution in [0.1, 0.15) is 12.8 Å². The number of benzene rings is 1. The summed E-state index contributed by atoms with van der Waals surface area (Å²) in [5.74, 6) is 0. The summed E-state index contributed by atoms with van der Waals surface area (Å²) in [6.07, 6.45) is 1.62. The van der Waals surface area contributed by atoms with E-state index in [2.05, 4.69) is 0 Å². The summed E-state index contributed by atoms with van der Waals surface area (Å²) in [6, 6.07) is 4.38. The van der Waals surface area contributed by atoms with E-state index < -0.39 is 10.0 Å². The maximum absolute atomic E-state index is 12.5. The maximum Gasteiger partial charge on any atom is 0.243 e. The molecule has 1 unspecified atom stereocenters. The third kappa shape index (κ3) is 3.02. The second-order valence-corrected chi connectivity index (χ2v) is 6.89. The normalized spacial score (nSPS) is 21.5. The number of nitrogens with two attached hydrogens (primary N) is 1. The van der Waals surface area contributed by atoms with E-state index in [1.807, 2.05) is 0 Å². The molecule has 1 aliphatic rings. The average Bonchev–Trinajstić information content (AvgIpc) is 2.41. The number of halogens is 1. The molecular weight excluding hydrogens is 288 g/mol. The van der Waals surface area contributed by atoms with Gasteiger partial charge in [-0.1, -0.05) is 11.6 Å². The second-order valence-electron chi connectivity index (χ2n) is 4.55. The Balaban J connectivity index is 2.28. The molecule has 1 fully saturated rings. The Kier molecular flexibility index (Phi) is 4.35. The Hall–Kier alpha value is -0.820. The highest BCUT2D eigenvalue weighted by Crippen LogP contribution is 2.26. The molecule has 5 nitrogen and oxygen atoms in total. The molecule has 2 rings (SSSR count). The third-order valence-electron chi connectivity index (χ3n) is 3.28. The number of hydrogen-bond donors (Lipinski definition) is 1. The summed E-state index contributed by atoms with van der Waals surface area (Å²) in [7, 11) is -1.93. The van der Waals surface area contributed by atoms with Gasteiger partial charge < -0.3 is 10.5 Å². The minimum atomic E-state index is -3.53. The highest BCUT2D eigenvalue weighted by molar-refractivity contribution is 7.89. The first-order valence-corrected chi connectivity index (χ1v) is 7.85. The van der Waals surface area contributed by atoms with Crippen LogP contribution in [-0.2, 0) is 14.8 Å². The molecule has 7 heteroatoms. The van der Waals surface area contributed by atoms with Crippen molar-refractivity contribution in [3.8, 4) is 0 Å². The summed E-state index contributed by atoms with van der Waals surface area (Å²) >= 11 is 5.88. The fraction of sp³-hybridized carbons (Fsp3) is 0.500. The average molecular weight is 305 g/mol. The smallest absolute Gasteiger partial charge is 0.243 e. The Labute approximate surface area is 118 Å². The minimum absolute atomic E-state index is 0.0484. The minimum Gasteiger partial charge on any atom is -0.398 e. The summed E-state index contributed by atoms with van der Waals surface area (Å²) < 4.78 is 31.6. The van der Waals surface area contributed by atoms with Gasteiger partial charge in [0, 0.05) is 20.2 Å². The summed E-state index contributed by atoms with van der Waals surface area (Å²) in [4.78, 5) is 0.170.